The SMILES string of the molecule is O=C(NS(=O)(=O)c1ccc(F)c(F)c1F)Oc1cscn1. The van der Waals surface area contributed by atoms with E-state index in [4.69, 9.17) is 0 Å². The molecule has 0 aliphatic heterocycles. The van der Waals surface area contributed by atoms with E-state index in [2.05, 4.69) is 9.72 Å². The Labute approximate surface area is 120 Å². The van der Waals surface area contributed by atoms with Crippen molar-refractivity contribution in [2.75, 3.05) is 0 Å². The zero-order valence-electron chi connectivity index (χ0n) is 9.84. The molecule has 112 valence electrons. The highest BCUT2D eigenvalue weighted by Gasteiger charge is 2.26. The number of carbonyl (C=O) groups is 1. The lowest BCUT2D eigenvalue weighted by atomic mass is 10.3. The molecule has 0 saturated carbocycles. The van der Waals surface area contributed by atoms with Gasteiger partial charge in [-0.15, -0.1) is 11.3 Å². The van der Waals surface area contributed by atoms with Crippen LogP contribution < -0.4 is 9.46 Å². The Morgan fingerprint density at radius 2 is 1.95 bits per heavy atom. The minimum Gasteiger partial charge on any atom is -0.390 e. The fourth-order valence-corrected chi connectivity index (χ4v) is 2.64. The molecule has 0 aliphatic rings. The number of sulfonamides is 1. The number of aromatic nitrogens is 1. The van der Waals surface area contributed by atoms with Crippen molar-refractivity contribution in [3.63, 3.8) is 0 Å². The first-order valence-corrected chi connectivity index (χ1v) is 7.50. The molecule has 0 radical (unpaired) electrons. The quantitative estimate of drug-likeness (QED) is 0.866. The molecular weight excluding hydrogens is 333 g/mol. The Kier molecular flexibility index (Phi) is 4.14. The molecule has 21 heavy (non-hydrogen) atoms. The molecule has 0 atom stereocenters. The highest BCUT2D eigenvalue weighted by atomic mass is 32.2. The first-order valence-electron chi connectivity index (χ1n) is 5.07. The van der Waals surface area contributed by atoms with Crippen molar-refractivity contribution >= 4 is 27.5 Å². The molecular formula is C10H5F3N2O4S2. The zero-order chi connectivity index (χ0) is 15.6. The van der Waals surface area contributed by atoms with E-state index in [1.807, 2.05) is 0 Å². The van der Waals surface area contributed by atoms with Crippen LogP contribution in [0.5, 0.6) is 5.88 Å². The molecule has 2 aromatic rings. The molecule has 0 saturated heterocycles. The molecule has 2 rings (SSSR count). The number of benzene rings is 1. The second kappa shape index (κ2) is 5.69. The standard InChI is InChI=1S/C10H5F3N2O4S2/c11-5-1-2-6(9(13)8(5)12)21(17,18)15-10(16)19-7-3-20-4-14-7/h1-4H,(H,15,16). The van der Waals surface area contributed by atoms with Crippen LogP contribution in [0, 0.1) is 17.5 Å². The number of nitrogens with one attached hydrogen (secondary N) is 1. The van der Waals surface area contributed by atoms with Gasteiger partial charge in [0.25, 0.3) is 10.0 Å². The smallest absolute Gasteiger partial charge is 0.390 e. The molecule has 0 aliphatic carbocycles. The third kappa shape index (κ3) is 3.31. The minimum absolute atomic E-state index is 0.168. The number of thiazole rings is 1. The van der Waals surface area contributed by atoms with E-state index in [1.54, 1.807) is 0 Å². The summed E-state index contributed by atoms with van der Waals surface area (Å²) in [5, 5.41) is 1.31. The lowest BCUT2D eigenvalue weighted by Crippen LogP contribution is -2.33. The van der Waals surface area contributed by atoms with Gasteiger partial charge in [-0.25, -0.2) is 36.1 Å². The topological polar surface area (TPSA) is 85.4 Å². The van der Waals surface area contributed by atoms with Crippen LogP contribution in [0.3, 0.4) is 0 Å². The van der Waals surface area contributed by atoms with Crippen molar-refractivity contribution in [1.82, 2.24) is 9.71 Å². The van der Waals surface area contributed by atoms with Crippen molar-refractivity contribution in [3.05, 3.63) is 40.5 Å². The molecule has 0 spiro atoms. The second-order valence-electron chi connectivity index (χ2n) is 3.50. The van der Waals surface area contributed by atoms with Crippen LogP contribution in [0.2, 0.25) is 0 Å². The Bertz CT molecular complexity index is 778. The van der Waals surface area contributed by atoms with Crippen molar-refractivity contribution in [2.45, 2.75) is 4.90 Å². The molecule has 0 fully saturated rings. The van der Waals surface area contributed by atoms with Crippen molar-refractivity contribution < 1.29 is 31.1 Å². The van der Waals surface area contributed by atoms with Crippen LogP contribution in [0.25, 0.3) is 0 Å². The van der Waals surface area contributed by atoms with Gasteiger partial charge in [0, 0.05) is 0 Å². The van der Waals surface area contributed by atoms with E-state index in [0.29, 0.717) is 12.1 Å². The number of carbonyl (C=O) groups excluding carboxylic acids is 1. The number of halogens is 3. The molecule has 11 heteroatoms. The van der Waals surface area contributed by atoms with Crippen molar-refractivity contribution in [3.8, 4) is 5.88 Å². The molecule has 1 aromatic carbocycles. The lowest BCUT2D eigenvalue weighted by molar-refractivity contribution is 0.205. The van der Waals surface area contributed by atoms with Gasteiger partial charge in [-0.05, 0) is 12.1 Å². The van der Waals surface area contributed by atoms with Gasteiger partial charge in [0.1, 0.15) is 4.90 Å². The maximum absolute atomic E-state index is 13.4. The van der Waals surface area contributed by atoms with Gasteiger partial charge < -0.3 is 4.74 Å². The highest BCUT2D eigenvalue weighted by Crippen LogP contribution is 2.19. The summed E-state index contributed by atoms with van der Waals surface area (Å²) in [5.74, 6) is -5.63. The van der Waals surface area contributed by atoms with Gasteiger partial charge in [-0.1, -0.05) is 0 Å². The van der Waals surface area contributed by atoms with E-state index in [-0.39, 0.29) is 5.88 Å². The summed E-state index contributed by atoms with van der Waals surface area (Å²) in [6, 6.07) is 0.894. The highest BCUT2D eigenvalue weighted by molar-refractivity contribution is 7.90. The van der Waals surface area contributed by atoms with Gasteiger partial charge in [-0.2, -0.15) is 0 Å². The Morgan fingerprint density at radius 1 is 1.24 bits per heavy atom. The van der Waals surface area contributed by atoms with Gasteiger partial charge in [0.2, 0.25) is 5.88 Å². The van der Waals surface area contributed by atoms with Crippen LogP contribution in [0.4, 0.5) is 18.0 Å². The minimum atomic E-state index is -4.76. The Hall–Kier alpha value is -2.14. The molecule has 0 unspecified atom stereocenters. The first kappa shape index (κ1) is 15.3. The predicted molar refractivity (Wildman–Crippen MR) is 64.8 cm³/mol. The second-order valence-corrected chi connectivity index (χ2v) is 5.86. The summed E-state index contributed by atoms with van der Waals surface area (Å²) >= 11 is 1.09. The average Bonchev–Trinajstić information content (AvgIpc) is 2.87. The lowest BCUT2D eigenvalue weighted by Gasteiger charge is -2.07. The van der Waals surface area contributed by atoms with Gasteiger partial charge in [0.15, 0.2) is 17.5 Å². The zero-order valence-corrected chi connectivity index (χ0v) is 11.5. The summed E-state index contributed by atoms with van der Waals surface area (Å²) in [6.07, 6.45) is -1.47. The fraction of sp³-hybridized carbons (Fsp3) is 0. The van der Waals surface area contributed by atoms with Crippen LogP contribution in [0.1, 0.15) is 0 Å². The molecule has 0 bridgehead atoms. The average molecular weight is 338 g/mol. The number of nitrogens with zero attached hydrogens (tertiary/aromatic N) is 1. The molecule has 1 N–H and O–H groups in total. The summed E-state index contributed by atoms with van der Waals surface area (Å²) in [7, 11) is -4.76. The maximum Gasteiger partial charge on any atom is 0.428 e. The van der Waals surface area contributed by atoms with E-state index in [0.717, 1.165) is 11.3 Å². The van der Waals surface area contributed by atoms with Crippen LogP contribution in [0.15, 0.2) is 27.9 Å². The first-order chi connectivity index (χ1) is 9.81. The molecule has 1 aromatic heterocycles. The monoisotopic (exact) mass is 338 g/mol. The van der Waals surface area contributed by atoms with Gasteiger partial charge in [-0.3, -0.25) is 0 Å². The molecule has 6 nitrogen and oxygen atoms in total. The van der Waals surface area contributed by atoms with Crippen LogP contribution >= 0.6 is 11.3 Å². The van der Waals surface area contributed by atoms with E-state index in [9.17, 15) is 26.4 Å². The number of amides is 1. The summed E-state index contributed by atoms with van der Waals surface area (Å²) in [5.41, 5.74) is 1.33. The predicted octanol–water partition coefficient (Wildman–Crippen LogP) is 2.04. The number of ether oxygens (including phenoxy) is 1. The van der Waals surface area contributed by atoms with E-state index >= 15 is 0 Å². The fourth-order valence-electron chi connectivity index (χ4n) is 1.25. The third-order valence-electron chi connectivity index (χ3n) is 2.11. The summed E-state index contributed by atoms with van der Waals surface area (Å²) in [6.45, 7) is 0. The Balaban J connectivity index is 2.23. The normalized spacial score (nSPS) is 11.2. The molecule has 1 heterocycles. The van der Waals surface area contributed by atoms with Gasteiger partial charge in [0.05, 0.1) is 10.9 Å². The molecule has 1 amide bonds. The number of hydrogen-bond donors (Lipinski definition) is 1. The van der Waals surface area contributed by atoms with Crippen LogP contribution in [-0.4, -0.2) is 19.5 Å². The largest absolute Gasteiger partial charge is 0.428 e. The van der Waals surface area contributed by atoms with Gasteiger partial charge >= 0.3 is 6.09 Å². The van der Waals surface area contributed by atoms with Crippen LogP contribution in [-0.2, 0) is 10.0 Å². The van der Waals surface area contributed by atoms with Crippen molar-refractivity contribution in [1.29, 1.82) is 0 Å². The maximum atomic E-state index is 13.4. The summed E-state index contributed by atoms with van der Waals surface area (Å²) in [4.78, 5) is 13.7. The Morgan fingerprint density at radius 3 is 2.57 bits per heavy atom. The van der Waals surface area contributed by atoms with E-state index in [1.165, 1.54) is 15.6 Å². The van der Waals surface area contributed by atoms with Crippen molar-refractivity contribution in [2.24, 2.45) is 0 Å². The third-order valence-corrected chi connectivity index (χ3v) is 4.01. The number of rotatable bonds is 3. The number of hydrogen-bond acceptors (Lipinski definition) is 6. The van der Waals surface area contributed by atoms with E-state index < -0.39 is 38.5 Å². The summed E-state index contributed by atoms with van der Waals surface area (Å²) < 4.78 is 68.3.